The van der Waals surface area contributed by atoms with Gasteiger partial charge in [-0.05, 0) is 71.6 Å². The van der Waals surface area contributed by atoms with E-state index in [0.717, 1.165) is 21.9 Å². The number of hydrogen-bond donors (Lipinski definition) is 1. The van der Waals surface area contributed by atoms with E-state index < -0.39 is 30.0 Å². The van der Waals surface area contributed by atoms with E-state index in [1.54, 1.807) is 12.3 Å². The molecule has 1 aliphatic heterocycles. The molecule has 0 atom stereocenters. The number of amides is 1. The van der Waals surface area contributed by atoms with Gasteiger partial charge in [0.05, 0.1) is 21.7 Å². The highest BCUT2D eigenvalue weighted by molar-refractivity contribution is 6.56. The van der Waals surface area contributed by atoms with E-state index in [1.807, 2.05) is 72.7 Å². The summed E-state index contributed by atoms with van der Waals surface area (Å²) in [6.45, 7) is 13.7. The molecule has 2 heterocycles. The monoisotopic (exact) mass is 444 g/mol. The van der Waals surface area contributed by atoms with Crippen LogP contribution in [0.25, 0.3) is 17.0 Å². The van der Waals surface area contributed by atoms with E-state index in [0.29, 0.717) is 5.02 Å². The number of nitrogens with zero attached hydrogens (tertiary/aromatic N) is 1. The number of carbonyl (C=O) groups excluding carboxylic acids is 1. The van der Waals surface area contributed by atoms with Gasteiger partial charge in [-0.1, -0.05) is 29.8 Å². The van der Waals surface area contributed by atoms with Crippen LogP contribution < -0.4 is 5.32 Å². The molecular weight excluding hydrogens is 415 g/mol. The minimum Gasteiger partial charge on any atom is -0.444 e. The zero-order valence-electron chi connectivity index (χ0n) is 19.2. The number of nitrogens with one attached hydrogen (secondary N) is 1. The van der Waals surface area contributed by atoms with Crippen LogP contribution in [0.4, 0.5) is 4.79 Å². The fourth-order valence-electron chi connectivity index (χ4n) is 3.12. The molecule has 1 N–H and O–H groups in total. The Kier molecular flexibility index (Phi) is 6.43. The molecule has 1 fully saturated rings. The molecule has 166 valence electrons. The number of pyridine rings is 1. The summed E-state index contributed by atoms with van der Waals surface area (Å²) in [5.41, 5.74) is 0.877. The lowest BCUT2D eigenvalue weighted by Crippen LogP contribution is -2.41. The highest BCUT2D eigenvalue weighted by Gasteiger charge is 2.52. The summed E-state index contributed by atoms with van der Waals surface area (Å²) in [4.78, 5) is 16.6. The summed E-state index contributed by atoms with van der Waals surface area (Å²) in [6.07, 6.45) is 3.13. The van der Waals surface area contributed by atoms with Crippen molar-refractivity contribution in [2.75, 3.05) is 6.54 Å². The Balaban J connectivity index is 1.91. The van der Waals surface area contributed by atoms with Gasteiger partial charge in [0.15, 0.2) is 0 Å². The number of hydrogen-bond acceptors (Lipinski definition) is 5. The molecule has 8 heteroatoms. The third kappa shape index (κ3) is 5.59. The van der Waals surface area contributed by atoms with Crippen molar-refractivity contribution in [1.29, 1.82) is 0 Å². The summed E-state index contributed by atoms with van der Waals surface area (Å²) in [5.74, 6) is 0. The van der Waals surface area contributed by atoms with Crippen LogP contribution in [0.15, 0.2) is 35.9 Å². The number of rotatable bonds is 4. The Labute approximate surface area is 189 Å². The second-order valence-electron chi connectivity index (χ2n) is 9.73. The summed E-state index contributed by atoms with van der Waals surface area (Å²) in [5, 5.41) is 4.34. The van der Waals surface area contributed by atoms with Crippen molar-refractivity contribution < 1.29 is 18.8 Å². The third-order valence-corrected chi connectivity index (χ3v) is 5.79. The maximum Gasteiger partial charge on any atom is 0.492 e. The largest absolute Gasteiger partial charge is 0.492 e. The quantitative estimate of drug-likeness (QED) is 0.637. The normalized spacial score (nSPS) is 18.3. The van der Waals surface area contributed by atoms with E-state index in [1.165, 1.54) is 0 Å². The Hall–Kier alpha value is -2.09. The molecule has 0 saturated carbocycles. The molecule has 1 saturated heterocycles. The van der Waals surface area contributed by atoms with Gasteiger partial charge in [0.1, 0.15) is 5.60 Å². The van der Waals surface area contributed by atoms with Crippen LogP contribution in [-0.2, 0) is 14.0 Å². The number of benzene rings is 1. The number of carbonyl (C=O) groups is 1. The van der Waals surface area contributed by atoms with E-state index in [9.17, 15) is 4.79 Å². The first kappa shape index (κ1) is 23.6. The van der Waals surface area contributed by atoms with Gasteiger partial charge in [0.25, 0.3) is 0 Å². The minimum atomic E-state index is -0.608. The molecule has 1 amide bonds. The van der Waals surface area contributed by atoms with Gasteiger partial charge in [0, 0.05) is 18.1 Å². The van der Waals surface area contributed by atoms with E-state index in [2.05, 4.69) is 10.3 Å². The SMILES string of the molecule is CC(C)(C)OC(=O)NCC(=Cc1ccc2c(Cl)ccnc2c1)B1OC(C)(C)C(C)(C)O1. The van der Waals surface area contributed by atoms with Gasteiger partial charge >= 0.3 is 13.2 Å². The standard InChI is InChI=1S/C23H30BClN2O4/c1-21(2,3)29-20(28)27-14-16(24-30-22(4,5)23(6,7)31-24)12-15-8-9-17-18(25)10-11-26-19(17)13-15/h8-13H,14H2,1-7H3,(H,27,28). The lowest BCUT2D eigenvalue weighted by atomic mass is 9.77. The average molecular weight is 445 g/mol. The molecule has 0 unspecified atom stereocenters. The van der Waals surface area contributed by atoms with Gasteiger partial charge in [-0.2, -0.15) is 0 Å². The molecule has 0 spiro atoms. The first-order valence-electron chi connectivity index (χ1n) is 10.3. The molecule has 0 aliphatic carbocycles. The Morgan fingerprint density at radius 2 is 1.84 bits per heavy atom. The van der Waals surface area contributed by atoms with Crippen LogP contribution in [0, 0.1) is 0 Å². The molecule has 6 nitrogen and oxygen atoms in total. The third-order valence-electron chi connectivity index (χ3n) is 5.46. The molecule has 31 heavy (non-hydrogen) atoms. The number of alkyl carbamates (subject to hydrolysis) is 1. The lowest BCUT2D eigenvalue weighted by Gasteiger charge is -2.32. The maximum absolute atomic E-state index is 12.2. The van der Waals surface area contributed by atoms with Crippen LogP contribution in [0.1, 0.15) is 54.0 Å². The van der Waals surface area contributed by atoms with E-state index in [4.69, 9.17) is 25.6 Å². The highest BCUT2D eigenvalue weighted by Crippen LogP contribution is 2.39. The number of aromatic nitrogens is 1. The molecule has 3 rings (SSSR count). The minimum absolute atomic E-state index is 0.215. The average Bonchev–Trinajstić information content (AvgIpc) is 2.84. The Morgan fingerprint density at radius 1 is 1.19 bits per heavy atom. The van der Waals surface area contributed by atoms with Crippen LogP contribution in [0.2, 0.25) is 5.02 Å². The Bertz CT molecular complexity index is 998. The first-order valence-corrected chi connectivity index (χ1v) is 10.7. The summed E-state index contributed by atoms with van der Waals surface area (Å²) in [7, 11) is -0.608. The van der Waals surface area contributed by atoms with Crippen molar-refractivity contribution in [3.05, 3.63) is 46.5 Å². The fourth-order valence-corrected chi connectivity index (χ4v) is 3.34. The van der Waals surface area contributed by atoms with Gasteiger partial charge in [-0.15, -0.1) is 0 Å². The molecule has 1 aromatic carbocycles. The fraction of sp³-hybridized carbons (Fsp3) is 0.478. The predicted octanol–water partition coefficient (Wildman–Crippen LogP) is 5.43. The zero-order chi connectivity index (χ0) is 23.0. The van der Waals surface area contributed by atoms with Crippen molar-refractivity contribution in [2.45, 2.75) is 65.3 Å². The number of fused-ring (bicyclic) bond motifs is 1. The van der Waals surface area contributed by atoms with Gasteiger partial charge in [-0.25, -0.2) is 4.79 Å². The second-order valence-corrected chi connectivity index (χ2v) is 10.1. The van der Waals surface area contributed by atoms with Crippen molar-refractivity contribution in [2.24, 2.45) is 0 Å². The van der Waals surface area contributed by atoms with E-state index >= 15 is 0 Å². The van der Waals surface area contributed by atoms with Crippen LogP contribution >= 0.6 is 11.6 Å². The van der Waals surface area contributed by atoms with E-state index in [-0.39, 0.29) is 6.54 Å². The Morgan fingerprint density at radius 3 is 2.45 bits per heavy atom. The van der Waals surface area contributed by atoms with Crippen molar-refractivity contribution >= 4 is 41.8 Å². The molecule has 0 bridgehead atoms. The molecular formula is C23H30BClN2O4. The summed E-state index contributed by atoms with van der Waals surface area (Å²) < 4.78 is 17.8. The van der Waals surface area contributed by atoms with Crippen LogP contribution in [-0.4, -0.2) is 41.5 Å². The smallest absolute Gasteiger partial charge is 0.444 e. The van der Waals surface area contributed by atoms with Crippen molar-refractivity contribution in [3.8, 4) is 0 Å². The second kappa shape index (κ2) is 8.45. The molecule has 1 aromatic heterocycles. The van der Waals surface area contributed by atoms with Crippen LogP contribution in [0.5, 0.6) is 0 Å². The lowest BCUT2D eigenvalue weighted by molar-refractivity contribution is 0.00578. The summed E-state index contributed by atoms with van der Waals surface area (Å²) >= 11 is 6.26. The van der Waals surface area contributed by atoms with Gasteiger partial charge in [-0.3, -0.25) is 4.98 Å². The molecule has 2 aromatic rings. The molecule has 0 radical (unpaired) electrons. The number of ether oxygens (including phenoxy) is 1. The van der Waals surface area contributed by atoms with Crippen molar-refractivity contribution in [3.63, 3.8) is 0 Å². The predicted molar refractivity (Wildman–Crippen MR) is 125 cm³/mol. The first-order chi connectivity index (χ1) is 14.3. The van der Waals surface area contributed by atoms with Crippen molar-refractivity contribution in [1.82, 2.24) is 10.3 Å². The van der Waals surface area contributed by atoms with Gasteiger partial charge in [0.2, 0.25) is 0 Å². The zero-order valence-corrected chi connectivity index (χ0v) is 20.0. The maximum atomic E-state index is 12.2. The topological polar surface area (TPSA) is 69.7 Å². The van der Waals surface area contributed by atoms with Crippen LogP contribution in [0.3, 0.4) is 0 Å². The highest BCUT2D eigenvalue weighted by atomic mass is 35.5. The molecule has 1 aliphatic rings. The van der Waals surface area contributed by atoms with Gasteiger partial charge < -0.3 is 19.4 Å². The summed E-state index contributed by atoms with van der Waals surface area (Å²) in [6, 6.07) is 7.59. The number of halogens is 1.